The molecule has 0 bridgehead atoms. The fraction of sp³-hybridized carbons (Fsp3) is 0.211. The van der Waals surface area contributed by atoms with E-state index in [1.54, 1.807) is 0 Å². The molecular weight excluding hydrogens is 334 g/mol. The van der Waals surface area contributed by atoms with Crippen LogP contribution < -0.4 is 5.32 Å². The number of aromatic nitrogens is 2. The van der Waals surface area contributed by atoms with Gasteiger partial charge in [-0.15, -0.1) is 10.2 Å². The number of rotatable bonds is 6. The lowest BCUT2D eigenvalue weighted by atomic mass is 10.1. The first-order valence-electron chi connectivity index (χ1n) is 8.00. The fourth-order valence-corrected chi connectivity index (χ4v) is 2.87. The van der Waals surface area contributed by atoms with Gasteiger partial charge >= 0.3 is 0 Å². The van der Waals surface area contributed by atoms with Gasteiger partial charge in [0.1, 0.15) is 0 Å². The van der Waals surface area contributed by atoms with Crippen LogP contribution in [0.25, 0.3) is 11.5 Å². The van der Waals surface area contributed by atoms with Crippen LogP contribution in [0, 0.1) is 13.8 Å². The molecule has 0 spiro atoms. The van der Waals surface area contributed by atoms with E-state index in [1.165, 1.54) is 17.3 Å². The average Bonchev–Trinajstić information content (AvgIpc) is 3.06. The minimum Gasteiger partial charge on any atom is -0.411 e. The van der Waals surface area contributed by atoms with Gasteiger partial charge in [-0.1, -0.05) is 47.2 Å². The maximum Gasteiger partial charge on any atom is 0.276 e. The van der Waals surface area contributed by atoms with Crippen LogP contribution in [0.5, 0.6) is 0 Å². The molecule has 0 saturated carbocycles. The molecule has 2 aromatic carbocycles. The van der Waals surface area contributed by atoms with Crippen molar-refractivity contribution in [1.82, 2.24) is 10.2 Å². The van der Waals surface area contributed by atoms with Gasteiger partial charge < -0.3 is 9.73 Å². The third kappa shape index (κ3) is 4.93. The van der Waals surface area contributed by atoms with Crippen LogP contribution in [0.15, 0.2) is 58.2 Å². The van der Waals surface area contributed by atoms with Crippen molar-refractivity contribution >= 4 is 23.4 Å². The highest BCUT2D eigenvalue weighted by atomic mass is 32.2. The summed E-state index contributed by atoms with van der Waals surface area (Å²) in [6.07, 6.45) is 0.376. The predicted octanol–water partition coefficient (Wildman–Crippen LogP) is 4.47. The molecule has 0 unspecified atom stereocenters. The van der Waals surface area contributed by atoms with Crippen molar-refractivity contribution in [1.29, 1.82) is 0 Å². The first kappa shape index (κ1) is 17.2. The first-order chi connectivity index (χ1) is 12.1. The van der Waals surface area contributed by atoms with Crippen molar-refractivity contribution in [3.8, 4) is 11.5 Å². The summed E-state index contributed by atoms with van der Waals surface area (Å²) in [6, 6.07) is 15.6. The molecule has 0 saturated heterocycles. The molecule has 1 heterocycles. The quantitative estimate of drug-likeness (QED) is 0.662. The number of nitrogens with one attached hydrogen (secondary N) is 1. The van der Waals surface area contributed by atoms with Crippen molar-refractivity contribution in [3.63, 3.8) is 0 Å². The van der Waals surface area contributed by atoms with Crippen molar-refractivity contribution in [2.75, 3.05) is 11.1 Å². The Labute approximate surface area is 150 Å². The standard InChI is InChI=1S/C19H19N3O2S/c1-13-3-7-15(8-4-13)18-21-22-19(24-18)25-12-11-17(23)20-16-9-5-14(2)6-10-16/h3-10H,11-12H2,1-2H3,(H,20,23). The Morgan fingerprint density at radius 3 is 2.32 bits per heavy atom. The number of hydrogen-bond donors (Lipinski definition) is 1. The molecule has 0 aliphatic heterocycles. The Morgan fingerprint density at radius 1 is 1.00 bits per heavy atom. The molecule has 1 amide bonds. The Balaban J connectivity index is 1.48. The van der Waals surface area contributed by atoms with Gasteiger partial charge in [0.2, 0.25) is 11.8 Å². The molecule has 1 aromatic heterocycles. The number of amides is 1. The van der Waals surface area contributed by atoms with E-state index in [-0.39, 0.29) is 5.91 Å². The number of carbonyl (C=O) groups is 1. The molecule has 1 N–H and O–H groups in total. The smallest absolute Gasteiger partial charge is 0.276 e. The largest absolute Gasteiger partial charge is 0.411 e. The number of carbonyl (C=O) groups excluding carboxylic acids is 1. The fourth-order valence-electron chi connectivity index (χ4n) is 2.17. The van der Waals surface area contributed by atoms with Gasteiger partial charge in [-0.2, -0.15) is 0 Å². The molecule has 0 aliphatic rings. The molecule has 25 heavy (non-hydrogen) atoms. The van der Waals surface area contributed by atoms with Gasteiger partial charge in [-0.25, -0.2) is 0 Å². The van der Waals surface area contributed by atoms with Crippen LogP contribution in [0.1, 0.15) is 17.5 Å². The Bertz CT molecular complexity index is 842. The van der Waals surface area contributed by atoms with Gasteiger partial charge in [0.25, 0.3) is 5.22 Å². The number of aryl methyl sites for hydroxylation is 2. The number of nitrogens with zero attached hydrogens (tertiary/aromatic N) is 2. The van der Waals surface area contributed by atoms with E-state index in [0.717, 1.165) is 16.8 Å². The summed E-state index contributed by atoms with van der Waals surface area (Å²) in [5.41, 5.74) is 4.04. The van der Waals surface area contributed by atoms with Gasteiger partial charge in [0.15, 0.2) is 0 Å². The molecule has 128 valence electrons. The van der Waals surface area contributed by atoms with Crippen molar-refractivity contribution in [2.24, 2.45) is 0 Å². The molecular formula is C19H19N3O2S. The number of thioether (sulfide) groups is 1. The summed E-state index contributed by atoms with van der Waals surface area (Å²) >= 11 is 1.38. The van der Waals surface area contributed by atoms with E-state index in [0.29, 0.717) is 23.3 Å². The monoisotopic (exact) mass is 353 g/mol. The Kier molecular flexibility index (Phi) is 5.50. The second kappa shape index (κ2) is 7.98. The highest BCUT2D eigenvalue weighted by Gasteiger charge is 2.10. The zero-order valence-electron chi connectivity index (χ0n) is 14.2. The van der Waals surface area contributed by atoms with Crippen LogP contribution in [0.4, 0.5) is 5.69 Å². The number of hydrogen-bond acceptors (Lipinski definition) is 5. The zero-order valence-corrected chi connectivity index (χ0v) is 15.0. The number of anilines is 1. The van der Waals surface area contributed by atoms with Gasteiger partial charge in [0.05, 0.1) is 0 Å². The predicted molar refractivity (Wildman–Crippen MR) is 99.6 cm³/mol. The van der Waals surface area contributed by atoms with Crippen LogP contribution in [0.3, 0.4) is 0 Å². The van der Waals surface area contributed by atoms with E-state index >= 15 is 0 Å². The van der Waals surface area contributed by atoms with Crippen LogP contribution in [0.2, 0.25) is 0 Å². The molecule has 0 fully saturated rings. The zero-order chi connectivity index (χ0) is 17.6. The molecule has 5 nitrogen and oxygen atoms in total. The van der Waals surface area contributed by atoms with E-state index in [4.69, 9.17) is 4.42 Å². The van der Waals surface area contributed by atoms with Crippen LogP contribution in [-0.4, -0.2) is 21.9 Å². The van der Waals surface area contributed by atoms with E-state index in [1.807, 2.05) is 62.4 Å². The Morgan fingerprint density at radius 2 is 1.64 bits per heavy atom. The summed E-state index contributed by atoms with van der Waals surface area (Å²) in [4.78, 5) is 12.0. The minimum absolute atomic E-state index is 0.0328. The van der Waals surface area contributed by atoms with Gasteiger partial charge in [-0.3, -0.25) is 4.79 Å². The summed E-state index contributed by atoms with van der Waals surface area (Å²) in [6.45, 7) is 4.04. The SMILES string of the molecule is Cc1ccc(NC(=O)CCSc2nnc(-c3ccc(C)cc3)o2)cc1. The van der Waals surface area contributed by atoms with Gasteiger partial charge in [0, 0.05) is 23.4 Å². The number of benzene rings is 2. The minimum atomic E-state index is -0.0328. The maximum absolute atomic E-state index is 12.0. The molecule has 3 rings (SSSR count). The van der Waals surface area contributed by atoms with E-state index in [2.05, 4.69) is 15.5 Å². The molecule has 3 aromatic rings. The lowest BCUT2D eigenvalue weighted by Gasteiger charge is -2.04. The van der Waals surface area contributed by atoms with Gasteiger partial charge in [-0.05, 0) is 38.1 Å². The summed E-state index contributed by atoms with van der Waals surface area (Å²) in [5.74, 6) is 1.04. The second-order valence-electron chi connectivity index (χ2n) is 5.75. The average molecular weight is 353 g/mol. The van der Waals surface area contributed by atoms with Crippen molar-refractivity contribution in [3.05, 3.63) is 59.7 Å². The molecule has 0 aliphatic carbocycles. The molecule has 0 radical (unpaired) electrons. The molecule has 0 atom stereocenters. The van der Waals surface area contributed by atoms with E-state index in [9.17, 15) is 4.79 Å². The first-order valence-corrected chi connectivity index (χ1v) is 8.98. The normalized spacial score (nSPS) is 10.6. The van der Waals surface area contributed by atoms with E-state index < -0.39 is 0 Å². The third-order valence-electron chi connectivity index (χ3n) is 3.59. The van der Waals surface area contributed by atoms with Crippen LogP contribution >= 0.6 is 11.8 Å². The van der Waals surface area contributed by atoms with Crippen molar-refractivity contribution in [2.45, 2.75) is 25.5 Å². The summed E-state index contributed by atoms with van der Waals surface area (Å²) < 4.78 is 5.63. The lowest BCUT2D eigenvalue weighted by Crippen LogP contribution is -2.12. The third-order valence-corrected chi connectivity index (χ3v) is 4.42. The topological polar surface area (TPSA) is 68.0 Å². The second-order valence-corrected chi connectivity index (χ2v) is 6.80. The summed E-state index contributed by atoms with van der Waals surface area (Å²) in [5, 5.41) is 11.4. The highest BCUT2D eigenvalue weighted by Crippen LogP contribution is 2.23. The van der Waals surface area contributed by atoms with Crippen LogP contribution in [-0.2, 0) is 4.79 Å². The summed E-state index contributed by atoms with van der Waals surface area (Å²) in [7, 11) is 0. The van der Waals surface area contributed by atoms with Crippen molar-refractivity contribution < 1.29 is 9.21 Å². The highest BCUT2D eigenvalue weighted by molar-refractivity contribution is 7.99. The molecule has 6 heteroatoms. The lowest BCUT2D eigenvalue weighted by molar-refractivity contribution is -0.115. The Hall–Kier alpha value is -2.60. The maximum atomic E-state index is 12.0.